The van der Waals surface area contributed by atoms with Gasteiger partial charge in [0, 0.05) is 17.8 Å². The number of carbonyl (C=O) groups is 1. The van der Waals surface area contributed by atoms with Crippen molar-refractivity contribution in [1.29, 1.82) is 0 Å². The fraction of sp³-hybridized carbons (Fsp3) is 0.143. The number of ether oxygens (including phenoxy) is 2. The highest BCUT2D eigenvalue weighted by atomic mass is 32.1. The van der Waals surface area contributed by atoms with Crippen molar-refractivity contribution in [1.82, 2.24) is 9.38 Å². The van der Waals surface area contributed by atoms with E-state index in [0.717, 1.165) is 16.9 Å². The van der Waals surface area contributed by atoms with Gasteiger partial charge in [-0.1, -0.05) is 6.07 Å². The number of para-hydroxylation sites is 1. The Balaban J connectivity index is 1.84. The molecule has 2 heterocycles. The van der Waals surface area contributed by atoms with Crippen molar-refractivity contribution in [2.24, 2.45) is 0 Å². The van der Waals surface area contributed by atoms with Gasteiger partial charge in [-0.3, -0.25) is 9.20 Å². The van der Waals surface area contributed by atoms with Crippen LogP contribution in [0.2, 0.25) is 0 Å². The molecule has 0 spiro atoms. The number of nitrogens with zero attached hydrogens (tertiary/aromatic N) is 2. The Morgan fingerprint density at radius 1 is 1.45 bits per heavy atom. The molecule has 3 rings (SSSR count). The first kappa shape index (κ1) is 12.7. The topological polar surface area (TPSA) is 52.8 Å². The Bertz CT molecular complexity index is 719. The van der Waals surface area contributed by atoms with Crippen LogP contribution in [-0.2, 0) is 6.61 Å². The van der Waals surface area contributed by atoms with Crippen molar-refractivity contribution in [3.63, 3.8) is 0 Å². The third kappa shape index (κ3) is 2.25. The van der Waals surface area contributed by atoms with Crippen molar-refractivity contribution in [2.45, 2.75) is 6.61 Å². The molecule has 0 saturated heterocycles. The number of fused-ring (bicyclic) bond motifs is 1. The maximum Gasteiger partial charge on any atom is 0.193 e. The van der Waals surface area contributed by atoms with Gasteiger partial charge in [0.15, 0.2) is 22.7 Å². The van der Waals surface area contributed by atoms with Gasteiger partial charge >= 0.3 is 0 Å². The Morgan fingerprint density at radius 2 is 2.35 bits per heavy atom. The first-order chi connectivity index (χ1) is 9.81. The number of thiazole rings is 1. The standard InChI is InChI=1S/C14H12N2O3S/c1-18-12-4-2-3-10(8-17)13(12)19-9-11-7-16-5-6-20-14(16)15-11/h2-8H,9H2,1H3. The van der Waals surface area contributed by atoms with E-state index >= 15 is 0 Å². The molecule has 0 bridgehead atoms. The Morgan fingerprint density at radius 3 is 3.10 bits per heavy atom. The van der Waals surface area contributed by atoms with Gasteiger partial charge in [0.1, 0.15) is 6.61 Å². The zero-order valence-electron chi connectivity index (χ0n) is 10.8. The minimum atomic E-state index is 0.287. The molecule has 5 nitrogen and oxygen atoms in total. The quantitative estimate of drug-likeness (QED) is 0.677. The predicted octanol–water partition coefficient (Wildman–Crippen LogP) is 2.80. The van der Waals surface area contributed by atoms with E-state index in [4.69, 9.17) is 9.47 Å². The fourth-order valence-electron chi connectivity index (χ4n) is 1.93. The summed E-state index contributed by atoms with van der Waals surface area (Å²) >= 11 is 1.56. The molecule has 0 aliphatic rings. The van der Waals surface area contributed by atoms with Crippen LogP contribution in [0.25, 0.3) is 4.96 Å². The number of aromatic nitrogens is 2. The number of carbonyl (C=O) groups excluding carboxylic acids is 1. The van der Waals surface area contributed by atoms with Crippen molar-refractivity contribution in [3.8, 4) is 11.5 Å². The van der Waals surface area contributed by atoms with Gasteiger partial charge in [-0.15, -0.1) is 11.3 Å². The monoisotopic (exact) mass is 288 g/mol. The number of aldehydes is 1. The second kappa shape index (κ2) is 5.34. The van der Waals surface area contributed by atoms with Gasteiger partial charge in [-0.05, 0) is 12.1 Å². The van der Waals surface area contributed by atoms with E-state index in [1.165, 1.54) is 0 Å². The van der Waals surface area contributed by atoms with Crippen LogP contribution in [0.3, 0.4) is 0 Å². The summed E-state index contributed by atoms with van der Waals surface area (Å²) in [5.74, 6) is 0.983. The van der Waals surface area contributed by atoms with E-state index in [-0.39, 0.29) is 6.61 Å². The van der Waals surface area contributed by atoms with Gasteiger partial charge in [0.2, 0.25) is 0 Å². The molecule has 0 amide bonds. The van der Waals surface area contributed by atoms with E-state index in [9.17, 15) is 4.79 Å². The normalized spacial score (nSPS) is 10.7. The smallest absolute Gasteiger partial charge is 0.193 e. The molecule has 1 aromatic carbocycles. The lowest BCUT2D eigenvalue weighted by Gasteiger charge is -2.11. The van der Waals surface area contributed by atoms with Crippen LogP contribution in [0.1, 0.15) is 16.1 Å². The van der Waals surface area contributed by atoms with Crippen molar-refractivity contribution < 1.29 is 14.3 Å². The molecule has 0 unspecified atom stereocenters. The van der Waals surface area contributed by atoms with Gasteiger partial charge in [-0.2, -0.15) is 0 Å². The molecular formula is C14H12N2O3S. The highest BCUT2D eigenvalue weighted by Gasteiger charge is 2.11. The number of benzene rings is 1. The van der Waals surface area contributed by atoms with Crippen molar-refractivity contribution in [3.05, 3.63) is 47.2 Å². The second-order valence-corrected chi connectivity index (χ2v) is 4.98. The first-order valence-electron chi connectivity index (χ1n) is 5.98. The Labute approximate surface area is 119 Å². The van der Waals surface area contributed by atoms with E-state index in [2.05, 4.69) is 4.98 Å². The zero-order valence-corrected chi connectivity index (χ0v) is 11.6. The second-order valence-electron chi connectivity index (χ2n) is 4.11. The third-order valence-electron chi connectivity index (χ3n) is 2.86. The third-order valence-corrected chi connectivity index (χ3v) is 3.63. The zero-order chi connectivity index (χ0) is 13.9. The fourth-order valence-corrected chi connectivity index (χ4v) is 2.65. The number of rotatable bonds is 5. The molecule has 0 fully saturated rings. The minimum absolute atomic E-state index is 0.287. The first-order valence-corrected chi connectivity index (χ1v) is 6.86. The molecule has 102 valence electrons. The number of methoxy groups -OCH3 is 1. The van der Waals surface area contributed by atoms with E-state index in [1.807, 2.05) is 22.2 Å². The molecule has 0 atom stereocenters. The van der Waals surface area contributed by atoms with Crippen LogP contribution in [0, 0.1) is 0 Å². The van der Waals surface area contributed by atoms with Gasteiger partial charge < -0.3 is 9.47 Å². The molecule has 20 heavy (non-hydrogen) atoms. The van der Waals surface area contributed by atoms with Crippen LogP contribution in [0.4, 0.5) is 0 Å². The maximum absolute atomic E-state index is 11.1. The molecule has 0 aliphatic heterocycles. The minimum Gasteiger partial charge on any atom is -0.493 e. The summed E-state index contributed by atoms with van der Waals surface area (Å²) in [6, 6.07) is 5.20. The molecule has 0 saturated carbocycles. The highest BCUT2D eigenvalue weighted by Crippen LogP contribution is 2.30. The van der Waals surface area contributed by atoms with E-state index in [1.54, 1.807) is 36.6 Å². The summed E-state index contributed by atoms with van der Waals surface area (Å²) in [6.45, 7) is 0.287. The number of imidazole rings is 1. The molecule has 3 aromatic rings. The summed E-state index contributed by atoms with van der Waals surface area (Å²) in [6.07, 6.45) is 4.60. The molecule has 2 aromatic heterocycles. The largest absolute Gasteiger partial charge is 0.493 e. The lowest BCUT2D eigenvalue weighted by molar-refractivity contribution is 0.111. The summed E-state index contributed by atoms with van der Waals surface area (Å²) in [7, 11) is 1.55. The van der Waals surface area contributed by atoms with Crippen molar-refractivity contribution >= 4 is 22.6 Å². The lowest BCUT2D eigenvalue weighted by Crippen LogP contribution is -2.01. The van der Waals surface area contributed by atoms with Crippen LogP contribution in [0.15, 0.2) is 36.0 Å². The molecular weight excluding hydrogens is 276 g/mol. The van der Waals surface area contributed by atoms with Crippen LogP contribution >= 0.6 is 11.3 Å². The van der Waals surface area contributed by atoms with Crippen LogP contribution in [0.5, 0.6) is 11.5 Å². The number of hydrogen-bond donors (Lipinski definition) is 0. The number of hydrogen-bond acceptors (Lipinski definition) is 5. The molecule has 6 heteroatoms. The average Bonchev–Trinajstić information content (AvgIpc) is 3.05. The summed E-state index contributed by atoms with van der Waals surface area (Å²) in [5.41, 5.74) is 1.27. The molecule has 0 radical (unpaired) electrons. The predicted molar refractivity (Wildman–Crippen MR) is 75.8 cm³/mol. The van der Waals surface area contributed by atoms with Gasteiger partial charge in [-0.25, -0.2) is 4.98 Å². The Kier molecular flexibility index (Phi) is 3.39. The van der Waals surface area contributed by atoms with Gasteiger partial charge in [0.25, 0.3) is 0 Å². The summed E-state index contributed by atoms with van der Waals surface area (Å²) in [5, 5.41) is 1.97. The van der Waals surface area contributed by atoms with Crippen LogP contribution in [-0.4, -0.2) is 22.8 Å². The van der Waals surface area contributed by atoms with Crippen molar-refractivity contribution in [2.75, 3.05) is 7.11 Å². The van der Waals surface area contributed by atoms with Gasteiger partial charge in [0.05, 0.1) is 18.4 Å². The van der Waals surface area contributed by atoms with E-state index in [0.29, 0.717) is 17.1 Å². The SMILES string of the molecule is COc1cccc(C=O)c1OCc1cn2ccsc2n1. The Hall–Kier alpha value is -2.34. The average molecular weight is 288 g/mol. The molecule has 0 aliphatic carbocycles. The molecule has 0 N–H and O–H groups in total. The van der Waals surface area contributed by atoms with Crippen LogP contribution < -0.4 is 9.47 Å². The van der Waals surface area contributed by atoms with E-state index < -0.39 is 0 Å². The summed E-state index contributed by atoms with van der Waals surface area (Å²) in [4.78, 5) is 16.4. The summed E-state index contributed by atoms with van der Waals surface area (Å²) < 4.78 is 12.9. The highest BCUT2D eigenvalue weighted by molar-refractivity contribution is 7.15. The lowest BCUT2D eigenvalue weighted by atomic mass is 10.2. The maximum atomic E-state index is 11.1.